The van der Waals surface area contributed by atoms with Gasteiger partial charge in [-0.05, 0) is 31.1 Å². The van der Waals surface area contributed by atoms with Crippen molar-refractivity contribution < 1.29 is 34.4 Å². The summed E-state index contributed by atoms with van der Waals surface area (Å²) in [4.78, 5) is 23.4. The molecule has 1 saturated heterocycles. The summed E-state index contributed by atoms with van der Waals surface area (Å²) in [5.41, 5.74) is 0.382. The molecular weight excluding hydrogens is 416 g/mol. The van der Waals surface area contributed by atoms with Gasteiger partial charge in [-0.25, -0.2) is 0 Å². The topological polar surface area (TPSA) is 137 Å². The molecule has 188 valence electrons. The standard InChI is InChI=1S/C23H44N2O7/c1-16(27)25-19-21(30)20(29)17(15-26)32-22(19)31-14-10-7-11-18(28)24-13-9-6-5-8-12-23(2,3)4/h17,19-22,26,29-30H,5-15H2,1-4H3,(H,24,28)(H,25,27). The summed E-state index contributed by atoms with van der Waals surface area (Å²) < 4.78 is 11.1. The minimum absolute atomic E-state index is 0.0172. The van der Waals surface area contributed by atoms with Crippen molar-refractivity contribution >= 4 is 11.8 Å². The molecule has 32 heavy (non-hydrogen) atoms. The van der Waals surface area contributed by atoms with E-state index in [9.17, 15) is 24.9 Å². The van der Waals surface area contributed by atoms with Crippen LogP contribution in [0.4, 0.5) is 0 Å². The Kier molecular flexibility index (Phi) is 13.3. The Morgan fingerprint density at radius 2 is 1.69 bits per heavy atom. The van der Waals surface area contributed by atoms with Gasteiger partial charge in [0.15, 0.2) is 6.29 Å². The second-order valence-corrected chi connectivity index (χ2v) is 9.84. The SMILES string of the molecule is CC(=O)NC1C(OCCCCC(=O)NCCCCCCC(C)(C)C)OC(CO)C(O)C1O. The maximum absolute atomic E-state index is 11.9. The normalized spacial score (nSPS) is 26.0. The average Bonchev–Trinajstić information content (AvgIpc) is 2.70. The van der Waals surface area contributed by atoms with Crippen molar-refractivity contribution in [2.75, 3.05) is 19.8 Å². The Balaban J connectivity index is 2.19. The van der Waals surface area contributed by atoms with E-state index in [2.05, 4.69) is 31.4 Å². The Bertz CT molecular complexity index is 553. The first-order chi connectivity index (χ1) is 15.0. The van der Waals surface area contributed by atoms with Gasteiger partial charge in [-0.1, -0.05) is 40.0 Å². The molecule has 1 aliphatic rings. The summed E-state index contributed by atoms with van der Waals surface area (Å²) in [7, 11) is 0. The van der Waals surface area contributed by atoms with Crippen LogP contribution in [-0.2, 0) is 19.1 Å². The van der Waals surface area contributed by atoms with E-state index in [4.69, 9.17) is 9.47 Å². The number of carbonyl (C=O) groups excluding carboxylic acids is 2. The van der Waals surface area contributed by atoms with E-state index in [0.29, 0.717) is 31.2 Å². The molecule has 0 aromatic heterocycles. The predicted octanol–water partition coefficient (Wildman–Crippen LogP) is 1.23. The zero-order chi connectivity index (χ0) is 24.1. The number of amides is 2. The van der Waals surface area contributed by atoms with Crippen molar-refractivity contribution in [3.63, 3.8) is 0 Å². The number of ether oxygens (including phenoxy) is 2. The van der Waals surface area contributed by atoms with Gasteiger partial charge in [0.05, 0.1) is 6.61 Å². The Hall–Kier alpha value is -1.26. The van der Waals surface area contributed by atoms with Crippen LogP contribution < -0.4 is 10.6 Å². The van der Waals surface area contributed by atoms with Crippen LogP contribution in [0.1, 0.15) is 79.1 Å². The van der Waals surface area contributed by atoms with Crippen LogP contribution >= 0.6 is 0 Å². The molecule has 5 N–H and O–H groups in total. The molecule has 9 heteroatoms. The highest BCUT2D eigenvalue weighted by Crippen LogP contribution is 2.23. The monoisotopic (exact) mass is 460 g/mol. The van der Waals surface area contributed by atoms with Gasteiger partial charge in [0.2, 0.25) is 11.8 Å². The lowest BCUT2D eigenvalue weighted by atomic mass is 9.89. The molecule has 0 radical (unpaired) electrons. The fourth-order valence-corrected chi connectivity index (χ4v) is 3.65. The molecule has 1 fully saturated rings. The molecule has 0 spiro atoms. The third-order valence-electron chi connectivity index (χ3n) is 5.51. The second kappa shape index (κ2) is 14.8. The zero-order valence-corrected chi connectivity index (χ0v) is 20.1. The van der Waals surface area contributed by atoms with Gasteiger partial charge in [0.1, 0.15) is 24.4 Å². The summed E-state index contributed by atoms with van der Waals surface area (Å²) in [5, 5.41) is 35.0. The fraction of sp³-hybridized carbons (Fsp3) is 0.913. The summed E-state index contributed by atoms with van der Waals surface area (Å²) in [6, 6.07) is -0.947. The maximum Gasteiger partial charge on any atom is 0.219 e. The summed E-state index contributed by atoms with van der Waals surface area (Å²) >= 11 is 0. The quantitative estimate of drug-likeness (QED) is 0.246. The first-order valence-corrected chi connectivity index (χ1v) is 11.8. The van der Waals surface area contributed by atoms with Crippen LogP contribution in [0.5, 0.6) is 0 Å². The maximum atomic E-state index is 11.9. The first kappa shape index (κ1) is 28.8. The number of unbranched alkanes of at least 4 members (excludes halogenated alkanes) is 4. The molecule has 1 heterocycles. The molecular formula is C23H44N2O7. The van der Waals surface area contributed by atoms with Crippen molar-refractivity contribution in [1.82, 2.24) is 10.6 Å². The van der Waals surface area contributed by atoms with Gasteiger partial charge >= 0.3 is 0 Å². The zero-order valence-electron chi connectivity index (χ0n) is 20.1. The van der Waals surface area contributed by atoms with Crippen molar-refractivity contribution in [2.45, 2.75) is 110 Å². The minimum atomic E-state index is -1.33. The van der Waals surface area contributed by atoms with Gasteiger partial charge < -0.3 is 35.4 Å². The third kappa shape index (κ3) is 11.6. The fourth-order valence-electron chi connectivity index (χ4n) is 3.65. The van der Waals surface area contributed by atoms with E-state index in [1.165, 1.54) is 26.2 Å². The van der Waals surface area contributed by atoms with E-state index in [-0.39, 0.29) is 12.5 Å². The van der Waals surface area contributed by atoms with E-state index in [1.54, 1.807) is 0 Å². The Morgan fingerprint density at radius 3 is 2.31 bits per heavy atom. The molecule has 0 bridgehead atoms. The largest absolute Gasteiger partial charge is 0.394 e. The van der Waals surface area contributed by atoms with Crippen LogP contribution in [-0.4, -0.2) is 77.5 Å². The van der Waals surface area contributed by atoms with Gasteiger partial charge in [-0.3, -0.25) is 9.59 Å². The smallest absolute Gasteiger partial charge is 0.219 e. The Morgan fingerprint density at radius 1 is 1.00 bits per heavy atom. The van der Waals surface area contributed by atoms with Gasteiger partial charge in [0, 0.05) is 26.5 Å². The lowest BCUT2D eigenvalue weighted by Crippen LogP contribution is -2.64. The number of rotatable bonds is 14. The predicted molar refractivity (Wildman–Crippen MR) is 121 cm³/mol. The highest BCUT2D eigenvalue weighted by molar-refractivity contribution is 5.75. The highest BCUT2D eigenvalue weighted by atomic mass is 16.7. The lowest BCUT2D eigenvalue weighted by Gasteiger charge is -2.42. The summed E-state index contributed by atoms with van der Waals surface area (Å²) in [6.45, 7) is 8.51. The molecule has 5 atom stereocenters. The van der Waals surface area contributed by atoms with E-state index in [0.717, 1.165) is 12.8 Å². The first-order valence-electron chi connectivity index (χ1n) is 11.8. The molecule has 9 nitrogen and oxygen atoms in total. The van der Waals surface area contributed by atoms with E-state index in [1.807, 2.05) is 0 Å². The summed E-state index contributed by atoms with van der Waals surface area (Å²) in [5.74, 6) is -0.379. The van der Waals surface area contributed by atoms with Gasteiger partial charge in [-0.2, -0.15) is 0 Å². The van der Waals surface area contributed by atoms with Gasteiger partial charge in [-0.15, -0.1) is 0 Å². The van der Waals surface area contributed by atoms with Gasteiger partial charge in [0.25, 0.3) is 0 Å². The molecule has 0 aliphatic carbocycles. The average molecular weight is 461 g/mol. The number of hydrogen-bond donors (Lipinski definition) is 5. The van der Waals surface area contributed by atoms with Crippen LogP contribution in [0.3, 0.4) is 0 Å². The van der Waals surface area contributed by atoms with Crippen LogP contribution in [0.15, 0.2) is 0 Å². The van der Waals surface area contributed by atoms with Crippen molar-refractivity contribution in [3.05, 3.63) is 0 Å². The number of carbonyl (C=O) groups is 2. The highest BCUT2D eigenvalue weighted by Gasteiger charge is 2.45. The van der Waals surface area contributed by atoms with Crippen LogP contribution in [0.2, 0.25) is 0 Å². The number of hydrogen-bond acceptors (Lipinski definition) is 7. The van der Waals surface area contributed by atoms with Crippen LogP contribution in [0.25, 0.3) is 0 Å². The molecule has 5 unspecified atom stereocenters. The second-order valence-electron chi connectivity index (χ2n) is 9.84. The molecule has 1 aliphatic heterocycles. The lowest BCUT2D eigenvalue weighted by molar-refractivity contribution is -0.270. The number of aliphatic hydroxyl groups is 3. The molecule has 1 rings (SSSR count). The van der Waals surface area contributed by atoms with Crippen molar-refractivity contribution in [2.24, 2.45) is 5.41 Å². The molecule has 0 aromatic carbocycles. The van der Waals surface area contributed by atoms with Crippen LogP contribution in [0, 0.1) is 5.41 Å². The molecule has 0 aromatic rings. The van der Waals surface area contributed by atoms with E-state index >= 15 is 0 Å². The molecule has 2 amide bonds. The van der Waals surface area contributed by atoms with E-state index < -0.39 is 43.2 Å². The summed E-state index contributed by atoms with van der Waals surface area (Å²) in [6.07, 6.45) is 2.70. The minimum Gasteiger partial charge on any atom is -0.394 e. The third-order valence-corrected chi connectivity index (χ3v) is 5.51. The Labute approximate surface area is 192 Å². The molecule has 0 saturated carbocycles. The van der Waals surface area contributed by atoms with Crippen molar-refractivity contribution in [1.29, 1.82) is 0 Å². The number of aliphatic hydroxyl groups excluding tert-OH is 3. The van der Waals surface area contributed by atoms with Crippen molar-refractivity contribution in [3.8, 4) is 0 Å². The number of nitrogens with one attached hydrogen (secondary N) is 2.